The Hall–Kier alpha value is -2.32. The number of carbonyl (C=O) groups is 2. The smallest absolute Gasteiger partial charge is 0.236 e. The first-order valence-corrected chi connectivity index (χ1v) is 13.2. The topological polar surface area (TPSA) is 74.4 Å². The van der Waals surface area contributed by atoms with Crippen molar-refractivity contribution in [2.75, 3.05) is 65.6 Å². The van der Waals surface area contributed by atoms with E-state index in [0.29, 0.717) is 38.1 Å². The average Bonchev–Trinajstić information content (AvgIpc) is 2.82. The van der Waals surface area contributed by atoms with Gasteiger partial charge in [-0.25, -0.2) is 0 Å². The van der Waals surface area contributed by atoms with E-state index in [2.05, 4.69) is 42.8 Å². The summed E-state index contributed by atoms with van der Waals surface area (Å²) in [4.78, 5) is 32.2. The lowest BCUT2D eigenvalue weighted by Crippen LogP contribution is -2.53. The molecule has 194 valence electrons. The number of hydrogen-bond acceptors (Lipinski definition) is 6. The molecule has 8 nitrogen and oxygen atoms in total. The molecule has 3 unspecified atom stereocenters. The van der Waals surface area contributed by atoms with Crippen molar-refractivity contribution in [1.29, 1.82) is 0 Å². The summed E-state index contributed by atoms with van der Waals surface area (Å²) in [5, 5.41) is 3.23. The summed E-state index contributed by atoms with van der Waals surface area (Å²) in [6.07, 6.45) is 1.21. The van der Waals surface area contributed by atoms with Gasteiger partial charge in [0.15, 0.2) is 11.5 Å². The van der Waals surface area contributed by atoms with E-state index in [4.69, 9.17) is 9.47 Å². The Morgan fingerprint density at radius 1 is 0.943 bits per heavy atom. The van der Waals surface area contributed by atoms with E-state index in [1.807, 2.05) is 23.1 Å². The number of likely N-dealkylation sites (tertiary alicyclic amines) is 1. The molecule has 0 saturated carbocycles. The maximum absolute atomic E-state index is 12.9. The second-order valence-electron chi connectivity index (χ2n) is 11.0. The van der Waals surface area contributed by atoms with E-state index in [9.17, 15) is 9.59 Å². The number of amides is 2. The van der Waals surface area contributed by atoms with Crippen molar-refractivity contribution in [3.8, 4) is 11.5 Å². The van der Waals surface area contributed by atoms with Crippen molar-refractivity contribution in [3.63, 3.8) is 0 Å². The van der Waals surface area contributed by atoms with Gasteiger partial charge in [0.05, 0.1) is 19.1 Å². The molecule has 0 spiro atoms. The molecule has 0 radical (unpaired) electrons. The highest BCUT2D eigenvalue weighted by molar-refractivity contribution is 5.79. The zero-order valence-corrected chi connectivity index (χ0v) is 21.8. The van der Waals surface area contributed by atoms with Crippen molar-refractivity contribution in [1.82, 2.24) is 20.0 Å². The molecule has 0 aliphatic carbocycles. The van der Waals surface area contributed by atoms with Crippen LogP contribution in [0.2, 0.25) is 0 Å². The van der Waals surface area contributed by atoms with Gasteiger partial charge >= 0.3 is 0 Å². The molecule has 2 fully saturated rings. The molecule has 3 heterocycles. The Bertz CT molecular complexity index is 874. The third-order valence-electron chi connectivity index (χ3n) is 7.32. The van der Waals surface area contributed by atoms with Crippen LogP contribution in [0.4, 0.5) is 0 Å². The number of rotatable bonds is 7. The molecular weight excluding hydrogens is 444 g/mol. The van der Waals surface area contributed by atoms with Gasteiger partial charge in [-0.1, -0.05) is 33.8 Å². The number of piperidine rings is 1. The molecule has 0 bridgehead atoms. The largest absolute Gasteiger partial charge is 0.486 e. The fourth-order valence-electron chi connectivity index (χ4n) is 5.57. The molecular formula is C27H42N4O4. The molecule has 1 N–H and O–H groups in total. The molecule has 1 aromatic carbocycles. The minimum atomic E-state index is -0.0911. The van der Waals surface area contributed by atoms with Crippen LogP contribution in [0, 0.1) is 17.8 Å². The Labute approximate surface area is 209 Å². The van der Waals surface area contributed by atoms with Gasteiger partial charge in [-0.15, -0.1) is 0 Å². The molecule has 2 saturated heterocycles. The van der Waals surface area contributed by atoms with Crippen molar-refractivity contribution < 1.29 is 19.1 Å². The van der Waals surface area contributed by atoms with Crippen LogP contribution in [0.3, 0.4) is 0 Å². The fraction of sp³-hybridized carbons (Fsp3) is 0.704. The van der Waals surface area contributed by atoms with Crippen LogP contribution in [-0.2, 0) is 9.59 Å². The molecule has 3 aliphatic heterocycles. The van der Waals surface area contributed by atoms with Crippen molar-refractivity contribution in [2.24, 2.45) is 17.8 Å². The van der Waals surface area contributed by atoms with Gasteiger partial charge in [-0.2, -0.15) is 0 Å². The summed E-state index contributed by atoms with van der Waals surface area (Å²) in [7, 11) is 0. The predicted octanol–water partition coefficient (Wildman–Crippen LogP) is 2.39. The number of fused-ring (bicyclic) bond motifs is 1. The van der Waals surface area contributed by atoms with E-state index in [1.165, 1.54) is 6.42 Å². The minimum Gasteiger partial charge on any atom is -0.486 e. The van der Waals surface area contributed by atoms with E-state index in [-0.39, 0.29) is 23.8 Å². The third-order valence-corrected chi connectivity index (χ3v) is 7.32. The highest BCUT2D eigenvalue weighted by atomic mass is 16.6. The molecule has 3 aliphatic rings. The van der Waals surface area contributed by atoms with Crippen molar-refractivity contribution in [3.05, 3.63) is 23.8 Å². The van der Waals surface area contributed by atoms with Crippen molar-refractivity contribution in [2.45, 2.75) is 40.2 Å². The Morgan fingerprint density at radius 3 is 2.17 bits per heavy atom. The zero-order valence-electron chi connectivity index (χ0n) is 21.8. The zero-order chi connectivity index (χ0) is 24.9. The van der Waals surface area contributed by atoms with Gasteiger partial charge < -0.3 is 19.7 Å². The fourth-order valence-corrected chi connectivity index (χ4v) is 5.57. The number of nitrogens with zero attached hydrogens (tertiary/aromatic N) is 3. The van der Waals surface area contributed by atoms with E-state index in [1.54, 1.807) is 0 Å². The summed E-state index contributed by atoms with van der Waals surface area (Å²) >= 11 is 0. The number of piperazine rings is 1. The van der Waals surface area contributed by atoms with Gasteiger partial charge in [0.2, 0.25) is 11.8 Å². The Morgan fingerprint density at radius 2 is 1.54 bits per heavy atom. The second kappa shape index (κ2) is 11.6. The third kappa shape index (κ3) is 6.88. The molecule has 2 amide bonds. The van der Waals surface area contributed by atoms with Crippen LogP contribution in [0.1, 0.15) is 45.7 Å². The van der Waals surface area contributed by atoms with Crippen LogP contribution in [0.25, 0.3) is 0 Å². The Kier molecular flexibility index (Phi) is 8.55. The second-order valence-corrected chi connectivity index (χ2v) is 11.0. The minimum absolute atomic E-state index is 0.0272. The van der Waals surface area contributed by atoms with Gasteiger partial charge in [-0.3, -0.25) is 19.4 Å². The van der Waals surface area contributed by atoms with Gasteiger partial charge in [0, 0.05) is 39.3 Å². The normalized spacial score (nSPS) is 24.3. The lowest BCUT2D eigenvalue weighted by atomic mass is 9.92. The summed E-state index contributed by atoms with van der Waals surface area (Å²) in [5.74, 6) is 3.17. The molecule has 4 rings (SSSR count). The highest BCUT2D eigenvalue weighted by Gasteiger charge is 2.28. The SMILES string of the molecule is CC1CC(C)CN(C(=O)CN2CCN(CC(=O)NC(c3ccc4c(c3)OCCO4)C(C)C)CC2)C1. The summed E-state index contributed by atoms with van der Waals surface area (Å²) < 4.78 is 11.4. The van der Waals surface area contributed by atoms with Crippen LogP contribution in [0.5, 0.6) is 11.5 Å². The summed E-state index contributed by atoms with van der Waals surface area (Å²) in [5.41, 5.74) is 1.03. The van der Waals surface area contributed by atoms with E-state index >= 15 is 0 Å². The number of carbonyl (C=O) groups excluding carboxylic acids is 2. The molecule has 3 atom stereocenters. The molecule has 35 heavy (non-hydrogen) atoms. The lowest BCUT2D eigenvalue weighted by Gasteiger charge is -2.38. The van der Waals surface area contributed by atoms with E-state index < -0.39 is 0 Å². The van der Waals surface area contributed by atoms with Crippen LogP contribution in [0.15, 0.2) is 18.2 Å². The Balaban J connectivity index is 1.24. The van der Waals surface area contributed by atoms with Gasteiger partial charge in [-0.05, 0) is 41.9 Å². The molecule has 8 heteroatoms. The van der Waals surface area contributed by atoms with Gasteiger partial charge in [0.25, 0.3) is 0 Å². The van der Waals surface area contributed by atoms with Crippen molar-refractivity contribution >= 4 is 11.8 Å². The first kappa shape index (κ1) is 25.8. The summed E-state index contributed by atoms with van der Waals surface area (Å²) in [6.45, 7) is 15.6. The quantitative estimate of drug-likeness (QED) is 0.638. The first-order valence-electron chi connectivity index (χ1n) is 13.2. The number of hydrogen-bond donors (Lipinski definition) is 1. The summed E-state index contributed by atoms with van der Waals surface area (Å²) in [6, 6.07) is 5.83. The predicted molar refractivity (Wildman–Crippen MR) is 136 cm³/mol. The van der Waals surface area contributed by atoms with Crippen LogP contribution >= 0.6 is 0 Å². The molecule has 1 aromatic rings. The lowest BCUT2D eigenvalue weighted by molar-refractivity contribution is -0.136. The van der Waals surface area contributed by atoms with E-state index in [0.717, 1.165) is 56.3 Å². The number of benzene rings is 1. The number of nitrogens with one attached hydrogen (secondary N) is 1. The molecule has 0 aromatic heterocycles. The van der Waals surface area contributed by atoms with Crippen LogP contribution < -0.4 is 14.8 Å². The maximum Gasteiger partial charge on any atom is 0.236 e. The van der Waals surface area contributed by atoms with Crippen LogP contribution in [-0.4, -0.2) is 92.1 Å². The first-order chi connectivity index (χ1) is 16.8. The highest BCUT2D eigenvalue weighted by Crippen LogP contribution is 2.34. The maximum atomic E-state index is 12.9. The standard InChI is InChI=1S/C27H42N4O4/c1-19(2)27(22-5-6-23-24(14-22)35-12-11-34-23)28-25(32)17-29-7-9-30(10-8-29)18-26(33)31-15-20(3)13-21(4)16-31/h5-6,14,19-21,27H,7-13,15-18H2,1-4H3,(H,28,32). The average molecular weight is 487 g/mol. The number of ether oxygens (including phenoxy) is 2. The monoisotopic (exact) mass is 486 g/mol. The van der Waals surface area contributed by atoms with Gasteiger partial charge in [0.1, 0.15) is 13.2 Å².